The Hall–Kier alpha value is -6.97. The quantitative estimate of drug-likeness (QED) is 0.177. The summed E-state index contributed by atoms with van der Waals surface area (Å²) in [5.74, 6) is 0.634. The van der Waals surface area contributed by atoms with Gasteiger partial charge in [0, 0.05) is 28.0 Å². The minimum atomic E-state index is 0.634. The van der Waals surface area contributed by atoms with Gasteiger partial charge < -0.3 is 9.32 Å². The Morgan fingerprint density at radius 3 is 1.79 bits per heavy atom. The first kappa shape index (κ1) is 29.9. The molecule has 9 aromatic carbocycles. The van der Waals surface area contributed by atoms with Crippen LogP contribution in [0.1, 0.15) is 0 Å². The topological polar surface area (TPSA) is 29.3 Å². The van der Waals surface area contributed by atoms with Gasteiger partial charge in [0.05, 0.1) is 0 Å². The van der Waals surface area contributed by atoms with Gasteiger partial charge in [0.15, 0.2) is 5.58 Å². The fraction of sp³-hybridized carbons (Fsp3) is 0. The van der Waals surface area contributed by atoms with Crippen LogP contribution in [-0.2, 0) is 0 Å². The van der Waals surface area contributed by atoms with Crippen molar-refractivity contribution in [2.24, 2.45) is 0 Å². The molecule has 3 heteroatoms. The van der Waals surface area contributed by atoms with E-state index in [-0.39, 0.29) is 0 Å². The molecule has 0 spiro atoms. The molecule has 1 aromatic heterocycles. The number of aromatic nitrogens is 1. The fourth-order valence-electron chi connectivity index (χ4n) is 7.44. The molecule has 10 rings (SSSR count). The van der Waals surface area contributed by atoms with E-state index in [9.17, 15) is 0 Å². The molecule has 3 nitrogen and oxygen atoms in total. The molecule has 244 valence electrons. The summed E-state index contributed by atoms with van der Waals surface area (Å²) in [7, 11) is 0. The second kappa shape index (κ2) is 12.4. The van der Waals surface area contributed by atoms with Crippen molar-refractivity contribution < 1.29 is 4.42 Å². The third kappa shape index (κ3) is 5.28. The smallest absolute Gasteiger partial charge is 0.227 e. The monoisotopic (exact) mass is 664 g/mol. The summed E-state index contributed by atoms with van der Waals surface area (Å²) < 4.78 is 6.26. The zero-order valence-electron chi connectivity index (χ0n) is 28.3. The maximum Gasteiger partial charge on any atom is 0.227 e. The summed E-state index contributed by atoms with van der Waals surface area (Å²) in [5, 5.41) is 7.09. The molecular formula is C49H32N2O. The van der Waals surface area contributed by atoms with Crippen molar-refractivity contribution in [2.45, 2.75) is 0 Å². The van der Waals surface area contributed by atoms with Gasteiger partial charge >= 0.3 is 0 Å². The highest BCUT2D eigenvalue weighted by atomic mass is 16.3. The Balaban J connectivity index is 1.03. The Labute approximate surface area is 301 Å². The van der Waals surface area contributed by atoms with Crippen LogP contribution >= 0.6 is 0 Å². The van der Waals surface area contributed by atoms with Crippen LogP contribution in [-0.4, -0.2) is 4.98 Å². The summed E-state index contributed by atoms with van der Waals surface area (Å²) in [4.78, 5) is 7.34. The van der Waals surface area contributed by atoms with E-state index in [0.717, 1.165) is 55.6 Å². The van der Waals surface area contributed by atoms with Crippen molar-refractivity contribution in [1.29, 1.82) is 0 Å². The lowest BCUT2D eigenvalue weighted by Crippen LogP contribution is -2.09. The molecule has 0 saturated carbocycles. The highest BCUT2D eigenvalue weighted by Crippen LogP contribution is 2.40. The van der Waals surface area contributed by atoms with Crippen LogP contribution in [0.3, 0.4) is 0 Å². The average molecular weight is 665 g/mol. The Bertz CT molecular complexity index is 2890. The molecule has 1 heterocycles. The SMILES string of the molecule is c1ccc(-c2nc3c(ccc4cccc(-c5ccc6cc(N(c7ccccc7)c7ccc(-c8ccc9ccccc9c8)cc7)ccc6c5)c43)o2)cc1. The molecule has 0 aliphatic carbocycles. The lowest BCUT2D eigenvalue weighted by molar-refractivity contribution is 0.620. The molecule has 10 aromatic rings. The zero-order valence-corrected chi connectivity index (χ0v) is 28.3. The molecule has 0 bridgehead atoms. The predicted octanol–water partition coefficient (Wildman–Crippen LogP) is 13.8. The Morgan fingerprint density at radius 2 is 0.942 bits per heavy atom. The molecule has 0 radical (unpaired) electrons. The van der Waals surface area contributed by atoms with Crippen molar-refractivity contribution >= 4 is 60.5 Å². The van der Waals surface area contributed by atoms with E-state index < -0.39 is 0 Å². The number of para-hydroxylation sites is 1. The van der Waals surface area contributed by atoms with Gasteiger partial charge in [-0.05, 0) is 116 Å². The van der Waals surface area contributed by atoms with Gasteiger partial charge in [-0.25, -0.2) is 4.98 Å². The van der Waals surface area contributed by atoms with Gasteiger partial charge in [-0.15, -0.1) is 0 Å². The van der Waals surface area contributed by atoms with Crippen molar-refractivity contribution in [3.63, 3.8) is 0 Å². The van der Waals surface area contributed by atoms with E-state index in [0.29, 0.717) is 5.89 Å². The first-order valence-electron chi connectivity index (χ1n) is 17.6. The lowest BCUT2D eigenvalue weighted by atomic mass is 9.95. The van der Waals surface area contributed by atoms with Gasteiger partial charge in [0.1, 0.15) is 5.52 Å². The van der Waals surface area contributed by atoms with Crippen molar-refractivity contribution in [3.05, 3.63) is 194 Å². The normalized spacial score (nSPS) is 11.5. The van der Waals surface area contributed by atoms with Crippen molar-refractivity contribution in [1.82, 2.24) is 4.98 Å². The standard InChI is InChI=1S/C49H32N2O/c1-3-11-36(12-4-1)49-50-48-46(52-49)29-25-35-14-9-17-45(47(35)48)41-21-20-40-32-44(28-24-39(40)31-41)51(42-15-5-2-6-16-42)43-26-22-34(23-27-43)38-19-18-33-10-7-8-13-37(33)30-38/h1-32H. The number of benzene rings is 9. The molecule has 52 heavy (non-hydrogen) atoms. The van der Waals surface area contributed by atoms with Crippen LogP contribution in [0.5, 0.6) is 0 Å². The fourth-order valence-corrected chi connectivity index (χ4v) is 7.44. The highest BCUT2D eigenvalue weighted by molar-refractivity contribution is 6.12. The van der Waals surface area contributed by atoms with E-state index in [2.05, 4.69) is 163 Å². The molecule has 0 unspecified atom stereocenters. The van der Waals surface area contributed by atoms with Gasteiger partial charge in [-0.2, -0.15) is 0 Å². The zero-order chi connectivity index (χ0) is 34.4. The number of oxazole rings is 1. The molecular weight excluding hydrogens is 633 g/mol. The minimum absolute atomic E-state index is 0.634. The number of hydrogen-bond donors (Lipinski definition) is 0. The molecule has 0 aliphatic heterocycles. The van der Waals surface area contributed by atoms with Crippen molar-refractivity contribution in [3.8, 4) is 33.7 Å². The maximum atomic E-state index is 6.26. The third-order valence-corrected chi connectivity index (χ3v) is 10.0. The number of nitrogens with zero attached hydrogens (tertiary/aromatic N) is 2. The predicted molar refractivity (Wildman–Crippen MR) is 218 cm³/mol. The van der Waals surface area contributed by atoms with Crippen molar-refractivity contribution in [2.75, 3.05) is 4.90 Å². The van der Waals surface area contributed by atoms with E-state index >= 15 is 0 Å². The lowest BCUT2D eigenvalue weighted by Gasteiger charge is -2.26. The minimum Gasteiger partial charge on any atom is -0.436 e. The Kier molecular flexibility index (Phi) is 7.14. The van der Waals surface area contributed by atoms with E-state index in [1.54, 1.807) is 0 Å². The second-order valence-electron chi connectivity index (χ2n) is 13.2. The third-order valence-electron chi connectivity index (χ3n) is 10.0. The van der Waals surface area contributed by atoms with E-state index in [1.165, 1.54) is 32.7 Å². The van der Waals surface area contributed by atoms with Crippen LogP contribution in [0, 0.1) is 0 Å². The number of hydrogen-bond acceptors (Lipinski definition) is 3. The van der Waals surface area contributed by atoms with Gasteiger partial charge in [0.2, 0.25) is 5.89 Å². The van der Waals surface area contributed by atoms with E-state index in [4.69, 9.17) is 9.40 Å². The van der Waals surface area contributed by atoms with Gasteiger partial charge in [0.25, 0.3) is 0 Å². The van der Waals surface area contributed by atoms with Crippen LogP contribution in [0.2, 0.25) is 0 Å². The summed E-state index contributed by atoms with van der Waals surface area (Å²) >= 11 is 0. The van der Waals surface area contributed by atoms with Crippen LogP contribution < -0.4 is 4.90 Å². The number of rotatable bonds is 6. The van der Waals surface area contributed by atoms with Gasteiger partial charge in [-0.3, -0.25) is 0 Å². The molecule has 0 amide bonds. The molecule has 0 fully saturated rings. The van der Waals surface area contributed by atoms with E-state index in [1.807, 2.05) is 36.4 Å². The van der Waals surface area contributed by atoms with Gasteiger partial charge in [-0.1, -0.05) is 127 Å². The second-order valence-corrected chi connectivity index (χ2v) is 13.2. The molecule has 0 aliphatic rings. The number of fused-ring (bicyclic) bond motifs is 5. The largest absolute Gasteiger partial charge is 0.436 e. The highest BCUT2D eigenvalue weighted by Gasteiger charge is 2.16. The number of anilines is 3. The first-order chi connectivity index (χ1) is 25.7. The van der Waals surface area contributed by atoms with Crippen LogP contribution in [0.25, 0.3) is 77.1 Å². The molecule has 0 atom stereocenters. The Morgan fingerprint density at radius 1 is 0.365 bits per heavy atom. The summed E-state index contributed by atoms with van der Waals surface area (Å²) in [6, 6.07) is 68.9. The van der Waals surface area contributed by atoms with Crippen LogP contribution in [0.15, 0.2) is 199 Å². The summed E-state index contributed by atoms with van der Waals surface area (Å²) in [5.41, 5.74) is 10.7. The average Bonchev–Trinajstić information content (AvgIpc) is 3.67. The summed E-state index contributed by atoms with van der Waals surface area (Å²) in [6.07, 6.45) is 0. The maximum absolute atomic E-state index is 6.26. The summed E-state index contributed by atoms with van der Waals surface area (Å²) in [6.45, 7) is 0. The molecule has 0 N–H and O–H groups in total. The first-order valence-corrected chi connectivity index (χ1v) is 17.6. The van der Waals surface area contributed by atoms with Crippen LogP contribution in [0.4, 0.5) is 17.1 Å². The molecule has 0 saturated heterocycles.